The third kappa shape index (κ3) is 2.96. The third-order valence-corrected chi connectivity index (χ3v) is 4.01. The van der Waals surface area contributed by atoms with E-state index in [2.05, 4.69) is 22.4 Å². The molecule has 0 saturated carbocycles. The van der Waals surface area contributed by atoms with Gasteiger partial charge in [-0.25, -0.2) is 0 Å². The number of amides is 1. The van der Waals surface area contributed by atoms with Crippen molar-refractivity contribution in [3.63, 3.8) is 0 Å². The first kappa shape index (κ1) is 14.6. The number of anilines is 1. The number of fused-ring (bicyclic) bond motifs is 1. The number of pyridine rings is 1. The number of hydrogen-bond donors (Lipinski definition) is 1. The molecule has 0 aliphatic heterocycles. The van der Waals surface area contributed by atoms with E-state index in [-0.39, 0.29) is 5.91 Å². The molecule has 3 rings (SSSR count). The lowest BCUT2D eigenvalue weighted by Crippen LogP contribution is -2.12. The SMILES string of the molecule is CCSc1nnc2ccc(NC(=O)c3cccc(C)c3)cn12. The average Bonchev–Trinajstić information content (AvgIpc) is 2.90. The normalized spacial score (nSPS) is 10.8. The van der Waals surface area contributed by atoms with Crippen molar-refractivity contribution in [2.75, 3.05) is 11.1 Å². The first-order valence-electron chi connectivity index (χ1n) is 7.03. The van der Waals surface area contributed by atoms with Gasteiger partial charge >= 0.3 is 0 Å². The van der Waals surface area contributed by atoms with E-state index in [0.29, 0.717) is 5.56 Å². The summed E-state index contributed by atoms with van der Waals surface area (Å²) in [6, 6.07) is 11.2. The minimum Gasteiger partial charge on any atom is -0.321 e. The summed E-state index contributed by atoms with van der Waals surface area (Å²) in [5.41, 5.74) is 3.19. The Balaban J connectivity index is 1.87. The van der Waals surface area contributed by atoms with Crippen LogP contribution >= 0.6 is 11.8 Å². The highest BCUT2D eigenvalue weighted by Crippen LogP contribution is 2.19. The van der Waals surface area contributed by atoms with Crippen LogP contribution in [-0.4, -0.2) is 26.3 Å². The van der Waals surface area contributed by atoms with E-state index in [1.807, 2.05) is 47.9 Å². The minimum absolute atomic E-state index is 0.124. The first-order valence-corrected chi connectivity index (χ1v) is 8.01. The maximum absolute atomic E-state index is 12.3. The Morgan fingerprint density at radius 3 is 2.91 bits per heavy atom. The molecule has 0 unspecified atom stereocenters. The van der Waals surface area contributed by atoms with E-state index < -0.39 is 0 Å². The Morgan fingerprint density at radius 1 is 1.27 bits per heavy atom. The van der Waals surface area contributed by atoms with Gasteiger partial charge in [-0.15, -0.1) is 10.2 Å². The summed E-state index contributed by atoms with van der Waals surface area (Å²) in [7, 11) is 0. The highest BCUT2D eigenvalue weighted by Gasteiger charge is 2.09. The summed E-state index contributed by atoms with van der Waals surface area (Å²) >= 11 is 1.61. The fraction of sp³-hybridized carbons (Fsp3) is 0.188. The van der Waals surface area contributed by atoms with Crippen LogP contribution in [0.3, 0.4) is 0 Å². The van der Waals surface area contributed by atoms with Crippen molar-refractivity contribution < 1.29 is 4.79 Å². The molecule has 0 radical (unpaired) electrons. The fourth-order valence-corrected chi connectivity index (χ4v) is 2.80. The van der Waals surface area contributed by atoms with Crippen LogP contribution in [0.5, 0.6) is 0 Å². The molecule has 2 heterocycles. The van der Waals surface area contributed by atoms with Gasteiger partial charge in [-0.1, -0.05) is 36.4 Å². The van der Waals surface area contributed by atoms with Gasteiger partial charge in [0.2, 0.25) is 0 Å². The van der Waals surface area contributed by atoms with Crippen LogP contribution in [-0.2, 0) is 0 Å². The number of nitrogens with one attached hydrogen (secondary N) is 1. The second kappa shape index (κ2) is 6.19. The summed E-state index contributed by atoms with van der Waals surface area (Å²) in [6.07, 6.45) is 1.85. The van der Waals surface area contributed by atoms with Crippen molar-refractivity contribution in [1.82, 2.24) is 14.6 Å². The van der Waals surface area contributed by atoms with Crippen molar-refractivity contribution in [3.05, 3.63) is 53.7 Å². The monoisotopic (exact) mass is 312 g/mol. The molecule has 0 saturated heterocycles. The van der Waals surface area contributed by atoms with Crippen molar-refractivity contribution >= 4 is 29.0 Å². The van der Waals surface area contributed by atoms with Crippen LogP contribution in [0, 0.1) is 6.92 Å². The molecule has 0 atom stereocenters. The smallest absolute Gasteiger partial charge is 0.255 e. The molecule has 2 aromatic heterocycles. The van der Waals surface area contributed by atoms with Crippen LogP contribution in [0.4, 0.5) is 5.69 Å². The Bertz CT molecular complexity index is 828. The van der Waals surface area contributed by atoms with E-state index in [0.717, 1.165) is 27.8 Å². The Labute approximate surface area is 132 Å². The summed E-state index contributed by atoms with van der Waals surface area (Å²) in [6.45, 7) is 4.03. The van der Waals surface area contributed by atoms with Crippen molar-refractivity contribution in [2.45, 2.75) is 19.0 Å². The highest BCUT2D eigenvalue weighted by atomic mass is 32.2. The zero-order valence-electron chi connectivity index (χ0n) is 12.4. The second-order valence-electron chi connectivity index (χ2n) is 4.89. The lowest BCUT2D eigenvalue weighted by molar-refractivity contribution is 0.102. The Hall–Kier alpha value is -2.34. The molecule has 112 valence electrons. The predicted molar refractivity (Wildman–Crippen MR) is 88.5 cm³/mol. The van der Waals surface area contributed by atoms with Gasteiger partial charge in [0.15, 0.2) is 10.8 Å². The van der Waals surface area contributed by atoms with E-state index >= 15 is 0 Å². The zero-order chi connectivity index (χ0) is 15.5. The molecule has 0 bridgehead atoms. The number of rotatable bonds is 4. The summed E-state index contributed by atoms with van der Waals surface area (Å²) in [5, 5.41) is 12.0. The van der Waals surface area contributed by atoms with Gasteiger partial charge in [-0.05, 0) is 36.9 Å². The van der Waals surface area contributed by atoms with E-state index in [4.69, 9.17) is 0 Å². The van der Waals surface area contributed by atoms with Crippen molar-refractivity contribution in [1.29, 1.82) is 0 Å². The van der Waals surface area contributed by atoms with Gasteiger partial charge in [0.25, 0.3) is 5.91 Å². The van der Waals surface area contributed by atoms with Crippen LogP contribution < -0.4 is 5.32 Å². The molecule has 1 amide bonds. The van der Waals surface area contributed by atoms with Gasteiger partial charge in [0.05, 0.1) is 5.69 Å². The van der Waals surface area contributed by atoms with Crippen LogP contribution in [0.25, 0.3) is 5.65 Å². The minimum atomic E-state index is -0.124. The quantitative estimate of drug-likeness (QED) is 0.750. The number of benzene rings is 1. The van der Waals surface area contributed by atoms with Crippen LogP contribution in [0.1, 0.15) is 22.8 Å². The van der Waals surface area contributed by atoms with Gasteiger partial charge in [0.1, 0.15) is 0 Å². The van der Waals surface area contributed by atoms with Crippen molar-refractivity contribution in [2.24, 2.45) is 0 Å². The first-order chi connectivity index (χ1) is 10.7. The average molecular weight is 312 g/mol. The zero-order valence-corrected chi connectivity index (χ0v) is 13.2. The molecule has 0 fully saturated rings. The highest BCUT2D eigenvalue weighted by molar-refractivity contribution is 7.99. The molecule has 0 aliphatic carbocycles. The van der Waals surface area contributed by atoms with Gasteiger partial charge < -0.3 is 5.32 Å². The van der Waals surface area contributed by atoms with E-state index in [1.54, 1.807) is 17.8 Å². The van der Waals surface area contributed by atoms with E-state index in [9.17, 15) is 4.79 Å². The number of carbonyl (C=O) groups excluding carboxylic acids is 1. The maximum atomic E-state index is 12.3. The lowest BCUT2D eigenvalue weighted by atomic mass is 10.1. The number of aromatic nitrogens is 3. The molecular weight excluding hydrogens is 296 g/mol. The molecule has 3 aromatic rings. The lowest BCUT2D eigenvalue weighted by Gasteiger charge is -2.07. The summed E-state index contributed by atoms with van der Waals surface area (Å²) < 4.78 is 1.89. The molecule has 6 heteroatoms. The molecule has 22 heavy (non-hydrogen) atoms. The number of carbonyl (C=O) groups is 1. The molecule has 0 aliphatic rings. The Kier molecular flexibility index (Phi) is 4.11. The molecular formula is C16H16N4OS. The van der Waals surface area contributed by atoms with Gasteiger partial charge in [0, 0.05) is 11.8 Å². The maximum Gasteiger partial charge on any atom is 0.255 e. The number of thioether (sulfide) groups is 1. The van der Waals surface area contributed by atoms with Crippen LogP contribution in [0.2, 0.25) is 0 Å². The number of hydrogen-bond acceptors (Lipinski definition) is 4. The number of nitrogens with zero attached hydrogens (tertiary/aromatic N) is 3. The second-order valence-corrected chi connectivity index (χ2v) is 6.12. The van der Waals surface area contributed by atoms with E-state index in [1.165, 1.54) is 0 Å². The number of aryl methyl sites for hydroxylation is 1. The third-order valence-electron chi connectivity index (χ3n) is 3.18. The van der Waals surface area contributed by atoms with Crippen molar-refractivity contribution in [3.8, 4) is 0 Å². The molecule has 1 N–H and O–H groups in total. The Morgan fingerprint density at radius 2 is 2.14 bits per heavy atom. The summed E-state index contributed by atoms with van der Waals surface area (Å²) in [5.74, 6) is 0.793. The molecule has 0 spiro atoms. The molecule has 1 aromatic carbocycles. The van der Waals surface area contributed by atoms with Gasteiger partial charge in [-0.2, -0.15) is 0 Å². The van der Waals surface area contributed by atoms with Gasteiger partial charge in [-0.3, -0.25) is 9.20 Å². The standard InChI is InChI=1S/C16H16N4OS/c1-3-22-16-19-18-14-8-7-13(10-20(14)16)17-15(21)12-6-4-5-11(2)9-12/h4-10H,3H2,1-2H3,(H,17,21). The predicted octanol–water partition coefficient (Wildman–Crippen LogP) is 3.40. The largest absolute Gasteiger partial charge is 0.321 e. The molecule has 5 nitrogen and oxygen atoms in total. The topological polar surface area (TPSA) is 59.3 Å². The van der Waals surface area contributed by atoms with Crippen LogP contribution in [0.15, 0.2) is 47.8 Å². The fourth-order valence-electron chi connectivity index (χ4n) is 2.16. The summed E-state index contributed by atoms with van der Waals surface area (Å²) in [4.78, 5) is 12.3.